The predicted molar refractivity (Wildman–Crippen MR) is 122 cm³/mol. The number of hydrogen-bond acceptors (Lipinski definition) is 9. The number of carbonyl (C=O) groups excluding carboxylic acids is 1. The van der Waals surface area contributed by atoms with Crippen LogP contribution < -0.4 is 4.74 Å². The SMILES string of the molecule is CC.CC(=O)COc1ccc2nc1CN(CC(=O)O)CCN(CC(=O)O)CCN(CC(=O)O)C2. The first-order chi connectivity index (χ1) is 16.1. The molecule has 0 unspecified atom stereocenters. The number of aliphatic carboxylic acids is 3. The van der Waals surface area contributed by atoms with E-state index in [2.05, 4.69) is 4.98 Å². The van der Waals surface area contributed by atoms with E-state index < -0.39 is 17.9 Å². The van der Waals surface area contributed by atoms with Gasteiger partial charge in [-0.1, -0.05) is 13.8 Å². The molecule has 0 aromatic carbocycles. The Hall–Kier alpha value is -3.09. The van der Waals surface area contributed by atoms with Crippen molar-refractivity contribution in [3.63, 3.8) is 0 Å². The topological polar surface area (TPSA) is 161 Å². The summed E-state index contributed by atoms with van der Waals surface area (Å²) >= 11 is 0. The van der Waals surface area contributed by atoms with Crippen molar-refractivity contribution in [3.8, 4) is 5.75 Å². The van der Waals surface area contributed by atoms with Gasteiger partial charge >= 0.3 is 17.9 Å². The Morgan fingerprint density at radius 3 is 1.79 bits per heavy atom. The molecule has 1 aromatic heterocycles. The fraction of sp³-hybridized carbons (Fsp3) is 0.591. The highest BCUT2D eigenvalue weighted by atomic mass is 16.5. The Morgan fingerprint density at radius 2 is 1.29 bits per heavy atom. The van der Waals surface area contributed by atoms with Gasteiger partial charge in [0.15, 0.2) is 5.78 Å². The summed E-state index contributed by atoms with van der Waals surface area (Å²) in [6, 6.07) is 3.30. The first-order valence-electron chi connectivity index (χ1n) is 11.1. The summed E-state index contributed by atoms with van der Waals surface area (Å²) in [4.78, 5) is 54.7. The lowest BCUT2D eigenvalue weighted by Crippen LogP contribution is -2.44. The fourth-order valence-electron chi connectivity index (χ4n) is 3.32. The first-order valence-corrected chi connectivity index (χ1v) is 11.1. The number of aromatic nitrogens is 1. The molecule has 0 amide bonds. The average Bonchev–Trinajstić information content (AvgIpc) is 2.74. The lowest BCUT2D eigenvalue weighted by molar-refractivity contribution is -0.140. The maximum absolute atomic E-state index is 11.4. The molecule has 12 heteroatoms. The molecule has 190 valence electrons. The number of carbonyl (C=O) groups is 4. The highest BCUT2D eigenvalue weighted by Crippen LogP contribution is 2.20. The lowest BCUT2D eigenvalue weighted by Gasteiger charge is -2.29. The zero-order valence-corrected chi connectivity index (χ0v) is 19.9. The van der Waals surface area contributed by atoms with E-state index in [1.807, 2.05) is 13.8 Å². The third kappa shape index (κ3) is 11.2. The van der Waals surface area contributed by atoms with E-state index in [0.717, 1.165) is 0 Å². The Balaban J connectivity index is 0.00000281. The molecule has 2 rings (SSSR count). The highest BCUT2D eigenvalue weighted by molar-refractivity contribution is 5.77. The standard InChI is InChI=1S/C20H28N4O8.C2H6/c1-14(25)13-32-17-3-2-15-8-23(11-19(28)29)6-4-22(10-18(26)27)5-7-24(12-20(30)31)9-16(17)21-15;1-2/h2-3H,4-13H2,1H3,(H,26,27)(H,28,29)(H,30,31);1-2H3. The van der Waals surface area contributed by atoms with Crippen molar-refractivity contribution in [1.29, 1.82) is 0 Å². The molecule has 3 N–H and O–H groups in total. The molecule has 0 saturated carbocycles. The number of carboxylic acid groups (broad SMARTS) is 3. The van der Waals surface area contributed by atoms with E-state index >= 15 is 0 Å². The molecule has 2 heterocycles. The molecular weight excluding hydrogens is 448 g/mol. The molecule has 0 radical (unpaired) electrons. The maximum Gasteiger partial charge on any atom is 0.317 e. The Labute approximate surface area is 198 Å². The third-order valence-electron chi connectivity index (χ3n) is 4.72. The van der Waals surface area contributed by atoms with Crippen molar-refractivity contribution in [2.24, 2.45) is 0 Å². The minimum atomic E-state index is -1.04. The van der Waals surface area contributed by atoms with Gasteiger partial charge in [-0.25, -0.2) is 0 Å². The van der Waals surface area contributed by atoms with Crippen LogP contribution in [0.1, 0.15) is 32.2 Å². The van der Waals surface area contributed by atoms with Crippen molar-refractivity contribution in [2.45, 2.75) is 33.9 Å². The summed E-state index contributed by atoms with van der Waals surface area (Å²) in [5.74, 6) is -2.94. The molecule has 1 aliphatic rings. The molecule has 1 aromatic rings. The summed E-state index contributed by atoms with van der Waals surface area (Å²) in [6.45, 7) is 5.84. The van der Waals surface area contributed by atoms with Gasteiger partial charge in [-0.05, 0) is 19.1 Å². The second-order valence-corrected chi connectivity index (χ2v) is 7.62. The van der Waals surface area contributed by atoms with Gasteiger partial charge in [0.05, 0.1) is 31.0 Å². The smallest absolute Gasteiger partial charge is 0.317 e. The number of carboxylic acids is 3. The van der Waals surface area contributed by atoms with Gasteiger partial charge in [0.2, 0.25) is 0 Å². The van der Waals surface area contributed by atoms with Crippen LogP contribution in [0.4, 0.5) is 0 Å². The van der Waals surface area contributed by atoms with Crippen LogP contribution in [0.5, 0.6) is 5.75 Å². The molecular formula is C22H34N4O8. The number of Topliss-reactive ketones (excluding diaryl/α,β-unsaturated/α-hetero) is 1. The number of pyridine rings is 1. The van der Waals surface area contributed by atoms with Crippen LogP contribution in [0.25, 0.3) is 0 Å². The zero-order chi connectivity index (χ0) is 25.7. The summed E-state index contributed by atoms with van der Waals surface area (Å²) in [7, 11) is 0. The summed E-state index contributed by atoms with van der Waals surface area (Å²) in [5.41, 5.74) is 0.975. The Bertz CT molecular complexity index is 848. The summed E-state index contributed by atoms with van der Waals surface area (Å²) in [5, 5.41) is 27.8. The Morgan fingerprint density at radius 1 is 0.824 bits per heavy atom. The quantitative estimate of drug-likeness (QED) is 0.441. The Kier molecular flexibility index (Phi) is 12.7. The second-order valence-electron chi connectivity index (χ2n) is 7.62. The molecule has 34 heavy (non-hydrogen) atoms. The van der Waals surface area contributed by atoms with Gasteiger partial charge in [-0.15, -0.1) is 0 Å². The van der Waals surface area contributed by atoms with Gasteiger partial charge in [-0.2, -0.15) is 0 Å². The van der Waals surface area contributed by atoms with Crippen LogP contribution in [0.3, 0.4) is 0 Å². The predicted octanol–water partition coefficient (Wildman–Crippen LogP) is 0.249. The van der Waals surface area contributed by atoms with Gasteiger partial charge in [0, 0.05) is 39.3 Å². The van der Waals surface area contributed by atoms with Crippen molar-refractivity contribution in [2.75, 3.05) is 52.4 Å². The van der Waals surface area contributed by atoms with Crippen LogP contribution in [0.15, 0.2) is 12.1 Å². The summed E-state index contributed by atoms with van der Waals surface area (Å²) < 4.78 is 5.54. The van der Waals surface area contributed by atoms with Crippen molar-refractivity contribution >= 4 is 23.7 Å². The van der Waals surface area contributed by atoms with Crippen molar-refractivity contribution in [1.82, 2.24) is 19.7 Å². The molecule has 12 nitrogen and oxygen atoms in total. The minimum absolute atomic E-state index is 0.104. The number of ether oxygens (including phenoxy) is 1. The number of rotatable bonds is 9. The minimum Gasteiger partial charge on any atom is -0.484 e. The van der Waals surface area contributed by atoms with Crippen molar-refractivity contribution in [3.05, 3.63) is 23.5 Å². The largest absolute Gasteiger partial charge is 0.484 e. The number of fused-ring (bicyclic) bond motifs is 2. The molecule has 0 saturated heterocycles. The highest BCUT2D eigenvalue weighted by Gasteiger charge is 2.21. The average molecular weight is 483 g/mol. The van der Waals surface area contributed by atoms with Crippen LogP contribution in [0.2, 0.25) is 0 Å². The monoisotopic (exact) mass is 482 g/mol. The molecule has 0 atom stereocenters. The van der Waals surface area contributed by atoms with E-state index in [9.17, 15) is 34.5 Å². The fourth-order valence-corrected chi connectivity index (χ4v) is 3.32. The van der Waals surface area contributed by atoms with Crippen LogP contribution in [-0.4, -0.2) is 111 Å². The van der Waals surface area contributed by atoms with Crippen LogP contribution in [0, 0.1) is 0 Å². The molecule has 1 aliphatic heterocycles. The summed E-state index contributed by atoms with van der Waals surface area (Å²) in [6.07, 6.45) is 0. The number of nitrogens with zero attached hydrogens (tertiary/aromatic N) is 4. The van der Waals surface area contributed by atoms with Crippen LogP contribution in [-0.2, 0) is 32.3 Å². The van der Waals surface area contributed by atoms with Gasteiger partial charge in [0.25, 0.3) is 0 Å². The van der Waals surface area contributed by atoms with E-state index in [1.165, 1.54) is 6.92 Å². The molecule has 0 aliphatic carbocycles. The molecule has 0 spiro atoms. The van der Waals surface area contributed by atoms with E-state index in [4.69, 9.17) is 4.74 Å². The third-order valence-corrected chi connectivity index (χ3v) is 4.72. The first kappa shape index (κ1) is 28.9. The molecule has 2 bridgehead atoms. The van der Waals surface area contributed by atoms with Gasteiger partial charge in [-0.3, -0.25) is 38.9 Å². The van der Waals surface area contributed by atoms with Crippen LogP contribution >= 0.6 is 0 Å². The van der Waals surface area contributed by atoms with Crippen molar-refractivity contribution < 1.29 is 39.2 Å². The maximum atomic E-state index is 11.4. The van der Waals surface area contributed by atoms with Gasteiger partial charge in [0.1, 0.15) is 12.4 Å². The normalized spacial score (nSPS) is 15.7. The molecule has 0 fully saturated rings. The van der Waals surface area contributed by atoms with E-state index in [-0.39, 0.29) is 64.7 Å². The number of ketones is 1. The van der Waals surface area contributed by atoms with E-state index in [0.29, 0.717) is 23.7 Å². The zero-order valence-electron chi connectivity index (χ0n) is 19.9. The lowest BCUT2D eigenvalue weighted by atomic mass is 10.2. The van der Waals surface area contributed by atoms with E-state index in [1.54, 1.807) is 26.8 Å². The number of hydrogen-bond donors (Lipinski definition) is 3. The second kappa shape index (κ2) is 14.9. The van der Waals surface area contributed by atoms with Gasteiger partial charge < -0.3 is 20.1 Å².